The van der Waals surface area contributed by atoms with Gasteiger partial charge in [0, 0.05) is 42.5 Å². The molecule has 0 saturated heterocycles. The second-order valence-electron chi connectivity index (χ2n) is 16.7. The second kappa shape index (κ2) is 22.2. The first-order valence-electron chi connectivity index (χ1n) is 22.2. The van der Waals surface area contributed by atoms with Gasteiger partial charge in [-0.25, -0.2) is 0 Å². The van der Waals surface area contributed by atoms with Crippen molar-refractivity contribution in [2.24, 2.45) is 0 Å². The summed E-state index contributed by atoms with van der Waals surface area (Å²) in [6.45, 7) is 2.23. The maximum Gasteiger partial charge on any atom is 0.123 e. The van der Waals surface area contributed by atoms with Gasteiger partial charge >= 0.3 is 0 Å². The Morgan fingerprint density at radius 3 is 0.620 bits per heavy atom. The number of hydrogen-bond donors (Lipinski definition) is 8. The summed E-state index contributed by atoms with van der Waals surface area (Å²) in [7, 11) is 0. The molecule has 0 fully saturated rings. The molecule has 8 N–H and O–H groups in total. The van der Waals surface area contributed by atoms with E-state index in [1.54, 1.807) is 42.5 Å². The highest BCUT2D eigenvalue weighted by molar-refractivity contribution is 5.45. The van der Waals surface area contributed by atoms with Crippen molar-refractivity contribution in [2.45, 2.75) is 53.2 Å². The van der Waals surface area contributed by atoms with Gasteiger partial charge in [-0.1, -0.05) is 17.7 Å². The van der Waals surface area contributed by atoms with Crippen molar-refractivity contribution in [1.29, 1.82) is 0 Å². The topological polar surface area (TPSA) is 226 Å². The quantitative estimate of drug-likeness (QED) is 0.0335. The lowest BCUT2D eigenvalue weighted by molar-refractivity contribution is 0.272. The monoisotopic (exact) mass is 962 g/mol. The van der Waals surface area contributed by atoms with Gasteiger partial charge in [0.1, 0.15) is 132 Å². The Kier molecular flexibility index (Phi) is 15.1. The van der Waals surface area contributed by atoms with Crippen LogP contribution in [0, 0.1) is 6.92 Å². The van der Waals surface area contributed by atoms with Crippen LogP contribution in [0.4, 0.5) is 0 Å². The molecule has 8 rings (SSSR count). The van der Waals surface area contributed by atoms with Crippen LogP contribution < -0.4 is 33.2 Å². The third kappa shape index (κ3) is 14.6. The number of aromatic hydroxyl groups is 8. The van der Waals surface area contributed by atoms with Crippen LogP contribution in [0.3, 0.4) is 0 Å². The first-order chi connectivity index (χ1) is 34.2. The summed E-state index contributed by atoms with van der Waals surface area (Å²) in [5.41, 5.74) is 5.18. The molecule has 0 atom stereocenters. The van der Waals surface area contributed by atoms with Crippen molar-refractivity contribution in [3.8, 4) is 86.2 Å². The zero-order valence-corrected chi connectivity index (χ0v) is 38.3. The van der Waals surface area contributed by atoms with Crippen LogP contribution >= 0.6 is 0 Å². The molecule has 0 heterocycles. The minimum atomic E-state index is -0.117. The molecular formula is C56H50O15. The summed E-state index contributed by atoms with van der Waals surface area (Å²) in [4.78, 5) is 0. The zero-order valence-electron chi connectivity index (χ0n) is 38.3. The highest BCUT2D eigenvalue weighted by Gasteiger charge is 2.13. The molecule has 0 saturated carbocycles. The van der Waals surface area contributed by atoms with E-state index in [4.69, 9.17) is 33.2 Å². The van der Waals surface area contributed by atoms with Crippen LogP contribution in [-0.2, 0) is 46.2 Å². The molecule has 0 spiro atoms. The van der Waals surface area contributed by atoms with Gasteiger partial charge in [0.2, 0.25) is 0 Å². The fraction of sp³-hybridized carbons (Fsp3) is 0.143. The molecule has 8 aromatic carbocycles. The van der Waals surface area contributed by atoms with E-state index < -0.39 is 0 Å². The minimum Gasteiger partial charge on any atom is -0.508 e. The van der Waals surface area contributed by atoms with E-state index in [0.29, 0.717) is 73.6 Å². The smallest absolute Gasteiger partial charge is 0.123 e. The average Bonchev–Trinajstić information content (AvgIpc) is 3.31. The Morgan fingerprint density at radius 2 is 0.408 bits per heavy atom. The van der Waals surface area contributed by atoms with Crippen LogP contribution in [0.5, 0.6) is 86.2 Å². The molecule has 0 aromatic heterocycles. The molecule has 71 heavy (non-hydrogen) atoms. The fourth-order valence-electron chi connectivity index (χ4n) is 7.40. The van der Waals surface area contributed by atoms with Crippen LogP contribution in [0.25, 0.3) is 0 Å². The summed E-state index contributed by atoms with van der Waals surface area (Å²) >= 11 is 0. The molecule has 0 aliphatic rings. The molecular weight excluding hydrogens is 913 g/mol. The van der Waals surface area contributed by atoms with Crippen LogP contribution in [0.2, 0.25) is 0 Å². The average molecular weight is 963 g/mol. The Hall–Kier alpha value is -9.24. The molecule has 15 heteroatoms. The van der Waals surface area contributed by atoms with E-state index >= 15 is 0 Å². The first-order valence-corrected chi connectivity index (χ1v) is 22.2. The van der Waals surface area contributed by atoms with E-state index in [0.717, 1.165) is 11.1 Å². The molecule has 0 amide bonds. The number of phenols is 8. The maximum atomic E-state index is 10.0. The number of rotatable bonds is 21. The number of phenolic OH excluding ortho intramolecular Hbond substituents is 8. The predicted molar refractivity (Wildman–Crippen MR) is 260 cm³/mol. The normalized spacial score (nSPS) is 10.9. The molecule has 364 valence electrons. The Balaban J connectivity index is 1.04. The number of hydrogen-bond acceptors (Lipinski definition) is 15. The zero-order chi connectivity index (χ0) is 49.9. The van der Waals surface area contributed by atoms with E-state index in [1.165, 1.54) is 72.8 Å². The molecule has 0 radical (unpaired) electrons. The van der Waals surface area contributed by atoms with Gasteiger partial charge in [0.15, 0.2) is 0 Å². The molecule has 0 bridgehead atoms. The lowest BCUT2D eigenvalue weighted by atomic mass is 10.1. The van der Waals surface area contributed by atoms with Crippen molar-refractivity contribution >= 4 is 0 Å². The second-order valence-corrected chi connectivity index (χ2v) is 16.7. The summed E-state index contributed by atoms with van der Waals surface area (Å²) in [5.74, 6) is 2.17. The maximum absolute atomic E-state index is 10.0. The number of benzene rings is 8. The Morgan fingerprint density at radius 1 is 0.225 bits per heavy atom. The van der Waals surface area contributed by atoms with E-state index in [9.17, 15) is 40.9 Å². The van der Waals surface area contributed by atoms with Crippen molar-refractivity contribution in [3.05, 3.63) is 196 Å². The van der Waals surface area contributed by atoms with Crippen molar-refractivity contribution in [1.82, 2.24) is 0 Å². The van der Waals surface area contributed by atoms with Crippen molar-refractivity contribution < 1.29 is 74.0 Å². The SMILES string of the molecule is Cc1ccc(OCc2cc(OCc3cc(OCc4cc(O)cc(O)c4)cc(OCc4cc(O)cc(O)c4)c3)cc(OCc3cc(OCc4cc(O)cc(O)c4)cc(OCc4cc(O)cc(O)c4)c3)c2)cc1. The Labute approximate surface area is 408 Å². The standard InChI is InChI=1S/C56H50O15/c1-34-2-4-50(5-3-34)65-31-39-14-55(70-32-40-16-51(66-27-35-6-42(57)20-43(58)7-35)24-52(17-40)67-28-36-8-44(59)21-45(60)9-36)26-56(15-39)71-33-41-18-53(68-29-37-10-46(61)22-47(62)11-37)25-54(19-41)69-30-38-12-48(63)23-49(64)13-38/h2-26,57-64H,27-33H2,1H3. The summed E-state index contributed by atoms with van der Waals surface area (Å²) < 4.78 is 43.4. The molecule has 0 aliphatic carbocycles. The van der Waals surface area contributed by atoms with Crippen molar-refractivity contribution in [3.63, 3.8) is 0 Å². The molecule has 0 aliphatic heterocycles. The molecule has 15 nitrogen and oxygen atoms in total. The third-order valence-corrected chi connectivity index (χ3v) is 10.5. The number of aryl methyl sites for hydroxylation is 1. The minimum absolute atomic E-state index is 0.00277. The highest BCUT2D eigenvalue weighted by Crippen LogP contribution is 2.33. The first kappa shape index (κ1) is 48.2. The van der Waals surface area contributed by atoms with E-state index in [-0.39, 0.29) is 92.2 Å². The van der Waals surface area contributed by atoms with Gasteiger partial charge in [-0.15, -0.1) is 0 Å². The largest absolute Gasteiger partial charge is 0.508 e. The van der Waals surface area contributed by atoms with Crippen molar-refractivity contribution in [2.75, 3.05) is 0 Å². The van der Waals surface area contributed by atoms with E-state index in [2.05, 4.69) is 0 Å². The van der Waals surface area contributed by atoms with Crippen LogP contribution in [0.15, 0.2) is 152 Å². The summed E-state index contributed by atoms with van der Waals surface area (Å²) in [6.07, 6.45) is 0. The Bertz CT molecular complexity index is 2710. The lowest BCUT2D eigenvalue weighted by Gasteiger charge is -2.16. The third-order valence-electron chi connectivity index (χ3n) is 10.5. The molecule has 0 unspecified atom stereocenters. The van der Waals surface area contributed by atoms with Gasteiger partial charge < -0.3 is 74.0 Å². The van der Waals surface area contributed by atoms with Gasteiger partial charge in [0.05, 0.1) is 0 Å². The summed E-state index contributed by atoms with van der Waals surface area (Å²) in [6, 6.07) is 40.1. The van der Waals surface area contributed by atoms with Gasteiger partial charge in [-0.3, -0.25) is 0 Å². The van der Waals surface area contributed by atoms with Crippen LogP contribution in [0.1, 0.15) is 44.5 Å². The fourth-order valence-corrected chi connectivity index (χ4v) is 7.40. The van der Waals surface area contributed by atoms with Gasteiger partial charge in [0.25, 0.3) is 0 Å². The van der Waals surface area contributed by atoms with E-state index in [1.807, 2.05) is 43.3 Å². The predicted octanol–water partition coefficient (Wildman–Crippen LogP) is 10.7. The van der Waals surface area contributed by atoms with Crippen LogP contribution in [-0.4, -0.2) is 40.9 Å². The number of ether oxygens (including phenoxy) is 7. The van der Waals surface area contributed by atoms with Gasteiger partial charge in [-0.05, 0) is 143 Å². The van der Waals surface area contributed by atoms with Gasteiger partial charge in [-0.2, -0.15) is 0 Å². The molecule has 8 aromatic rings. The highest BCUT2D eigenvalue weighted by atomic mass is 16.5. The summed E-state index contributed by atoms with van der Waals surface area (Å²) in [5, 5.41) is 80.2. The lowest BCUT2D eigenvalue weighted by Crippen LogP contribution is -2.04.